The van der Waals surface area contributed by atoms with Crippen molar-refractivity contribution in [2.45, 2.75) is 59.0 Å². The first-order chi connectivity index (χ1) is 7.38. The fourth-order valence-electron chi connectivity index (χ4n) is 3.91. The van der Waals surface area contributed by atoms with Crippen molar-refractivity contribution >= 4 is 0 Å². The Hall–Kier alpha value is -0.300. The molecular weight excluding hydrogens is 196 g/mol. The number of fused-ring (bicyclic) bond motifs is 1. The smallest absolute Gasteiger partial charge is 0.0774 e. The van der Waals surface area contributed by atoms with Gasteiger partial charge in [-0.3, -0.25) is 0 Å². The summed E-state index contributed by atoms with van der Waals surface area (Å²) in [5.74, 6) is 3.35. The van der Waals surface area contributed by atoms with Gasteiger partial charge in [-0.25, -0.2) is 0 Å². The molecule has 4 atom stereocenters. The van der Waals surface area contributed by atoms with E-state index in [1.807, 2.05) is 13.8 Å². The summed E-state index contributed by atoms with van der Waals surface area (Å²) < 4.78 is 0. The monoisotopic (exact) mass is 222 g/mol. The molecule has 0 saturated heterocycles. The van der Waals surface area contributed by atoms with Crippen molar-refractivity contribution in [3.05, 3.63) is 11.6 Å². The molecule has 92 valence electrons. The molecular formula is C15H26O. The van der Waals surface area contributed by atoms with Crippen LogP contribution in [0.4, 0.5) is 0 Å². The molecule has 2 aliphatic carbocycles. The Bertz CT molecular complexity index is 284. The van der Waals surface area contributed by atoms with Gasteiger partial charge >= 0.3 is 0 Å². The highest BCUT2D eigenvalue weighted by molar-refractivity contribution is 5.19. The molecule has 2 saturated carbocycles. The summed E-state index contributed by atoms with van der Waals surface area (Å²) in [6.45, 7) is 8.59. The summed E-state index contributed by atoms with van der Waals surface area (Å²) in [6, 6.07) is 0. The minimum Gasteiger partial charge on any atom is -0.386 e. The predicted octanol–water partition coefficient (Wildman–Crippen LogP) is 3.78. The maximum absolute atomic E-state index is 9.97. The number of allylic oxidation sites excluding steroid dienone is 1. The molecule has 0 bridgehead atoms. The van der Waals surface area contributed by atoms with Gasteiger partial charge in [0, 0.05) is 0 Å². The Morgan fingerprint density at radius 1 is 1.12 bits per heavy atom. The lowest BCUT2D eigenvalue weighted by atomic mass is 9.69. The Balaban J connectivity index is 2.24. The third kappa shape index (κ3) is 2.34. The van der Waals surface area contributed by atoms with Crippen LogP contribution in [0.15, 0.2) is 11.6 Å². The number of aliphatic hydroxyl groups is 1. The third-order valence-corrected chi connectivity index (χ3v) is 4.62. The topological polar surface area (TPSA) is 20.2 Å². The molecule has 1 N–H and O–H groups in total. The van der Waals surface area contributed by atoms with Crippen LogP contribution in [0.5, 0.6) is 0 Å². The van der Waals surface area contributed by atoms with E-state index in [4.69, 9.17) is 0 Å². The molecule has 0 radical (unpaired) electrons. The molecule has 2 aliphatic rings. The van der Waals surface area contributed by atoms with Crippen LogP contribution in [0, 0.1) is 23.7 Å². The molecule has 0 heterocycles. The second-order valence-electron chi connectivity index (χ2n) is 6.63. The largest absolute Gasteiger partial charge is 0.386 e. The van der Waals surface area contributed by atoms with Crippen LogP contribution < -0.4 is 0 Å². The van der Waals surface area contributed by atoms with Crippen LogP contribution in [0.2, 0.25) is 0 Å². The van der Waals surface area contributed by atoms with Gasteiger partial charge in [0.1, 0.15) is 0 Å². The van der Waals surface area contributed by atoms with Crippen molar-refractivity contribution in [3.63, 3.8) is 0 Å². The predicted molar refractivity (Wildman–Crippen MR) is 68.2 cm³/mol. The molecule has 1 nitrogen and oxygen atoms in total. The van der Waals surface area contributed by atoms with Gasteiger partial charge in [-0.05, 0) is 63.2 Å². The van der Waals surface area contributed by atoms with Crippen LogP contribution >= 0.6 is 0 Å². The number of rotatable bonds is 1. The molecule has 0 aliphatic heterocycles. The maximum atomic E-state index is 9.97. The average Bonchev–Trinajstić information content (AvgIpc) is 2.52. The van der Waals surface area contributed by atoms with E-state index in [9.17, 15) is 5.11 Å². The third-order valence-electron chi connectivity index (χ3n) is 4.62. The molecule has 1 heteroatoms. The number of hydrogen-bond acceptors (Lipinski definition) is 1. The van der Waals surface area contributed by atoms with Crippen molar-refractivity contribution in [2.24, 2.45) is 23.7 Å². The SMILES string of the molecule is C[C@H]1CC/C(=C/C(C)(C)O)[C@@H]2[C@H]1CC[C@@H]2C. The van der Waals surface area contributed by atoms with Crippen molar-refractivity contribution in [2.75, 3.05) is 0 Å². The molecule has 0 aromatic heterocycles. The quantitative estimate of drug-likeness (QED) is 0.669. The standard InChI is InChI=1S/C15H26O/c1-10-5-7-12(9-15(3,4)16)14-11(2)6-8-13(10)14/h9-11,13-14,16H,5-8H2,1-4H3/b12-9-/t10-,11-,13-,14+/m0/s1. The van der Waals surface area contributed by atoms with Crippen LogP contribution in [0.3, 0.4) is 0 Å². The summed E-state index contributed by atoms with van der Waals surface area (Å²) in [5, 5.41) is 9.97. The first-order valence-electron chi connectivity index (χ1n) is 6.82. The van der Waals surface area contributed by atoms with E-state index in [1.54, 1.807) is 5.57 Å². The van der Waals surface area contributed by atoms with E-state index in [1.165, 1.54) is 25.7 Å². The second-order valence-corrected chi connectivity index (χ2v) is 6.63. The molecule has 0 amide bonds. The van der Waals surface area contributed by atoms with Crippen LogP contribution in [0.25, 0.3) is 0 Å². The summed E-state index contributed by atoms with van der Waals surface area (Å²) in [6.07, 6.45) is 7.43. The summed E-state index contributed by atoms with van der Waals surface area (Å²) in [5.41, 5.74) is 0.906. The van der Waals surface area contributed by atoms with E-state index in [0.29, 0.717) is 0 Å². The van der Waals surface area contributed by atoms with Crippen molar-refractivity contribution in [1.29, 1.82) is 0 Å². The first kappa shape index (κ1) is 12.2. The van der Waals surface area contributed by atoms with E-state index in [0.717, 1.165) is 23.7 Å². The summed E-state index contributed by atoms with van der Waals surface area (Å²) in [4.78, 5) is 0. The van der Waals surface area contributed by atoms with Crippen molar-refractivity contribution in [1.82, 2.24) is 0 Å². The van der Waals surface area contributed by atoms with Crippen molar-refractivity contribution in [3.8, 4) is 0 Å². The molecule has 16 heavy (non-hydrogen) atoms. The lowest BCUT2D eigenvalue weighted by Crippen LogP contribution is -2.29. The Morgan fingerprint density at radius 2 is 1.81 bits per heavy atom. The minimum atomic E-state index is -0.636. The Kier molecular flexibility index (Phi) is 3.18. The van der Waals surface area contributed by atoms with Gasteiger partial charge in [0.2, 0.25) is 0 Å². The maximum Gasteiger partial charge on any atom is 0.0774 e. The van der Waals surface area contributed by atoms with Crippen LogP contribution in [0.1, 0.15) is 53.4 Å². The van der Waals surface area contributed by atoms with E-state index < -0.39 is 5.60 Å². The average molecular weight is 222 g/mol. The van der Waals surface area contributed by atoms with Crippen molar-refractivity contribution < 1.29 is 5.11 Å². The minimum absolute atomic E-state index is 0.636. The van der Waals surface area contributed by atoms with Gasteiger partial charge in [-0.2, -0.15) is 0 Å². The zero-order valence-electron chi connectivity index (χ0n) is 11.2. The molecule has 0 spiro atoms. The Morgan fingerprint density at radius 3 is 2.44 bits per heavy atom. The highest BCUT2D eigenvalue weighted by Crippen LogP contribution is 2.51. The highest BCUT2D eigenvalue weighted by atomic mass is 16.3. The van der Waals surface area contributed by atoms with Gasteiger partial charge < -0.3 is 5.11 Å². The molecule has 0 aromatic carbocycles. The molecule has 0 aromatic rings. The second kappa shape index (κ2) is 4.18. The van der Waals surface area contributed by atoms with Crippen LogP contribution in [-0.2, 0) is 0 Å². The molecule has 0 unspecified atom stereocenters. The Labute approximate surface area is 99.9 Å². The lowest BCUT2D eigenvalue weighted by Gasteiger charge is -2.37. The van der Waals surface area contributed by atoms with E-state index in [-0.39, 0.29) is 0 Å². The fourth-order valence-corrected chi connectivity index (χ4v) is 3.91. The first-order valence-corrected chi connectivity index (χ1v) is 6.82. The molecule has 2 rings (SSSR count). The summed E-state index contributed by atoms with van der Waals surface area (Å²) >= 11 is 0. The van der Waals surface area contributed by atoms with Gasteiger partial charge in [0.25, 0.3) is 0 Å². The molecule has 2 fully saturated rings. The highest BCUT2D eigenvalue weighted by Gasteiger charge is 2.41. The van der Waals surface area contributed by atoms with Gasteiger partial charge in [0.15, 0.2) is 0 Å². The van der Waals surface area contributed by atoms with E-state index in [2.05, 4.69) is 19.9 Å². The zero-order valence-corrected chi connectivity index (χ0v) is 11.2. The van der Waals surface area contributed by atoms with E-state index >= 15 is 0 Å². The normalized spacial score (nSPS) is 42.4. The number of hydrogen-bond donors (Lipinski definition) is 1. The van der Waals surface area contributed by atoms with Gasteiger partial charge in [-0.15, -0.1) is 0 Å². The fraction of sp³-hybridized carbons (Fsp3) is 0.867. The zero-order chi connectivity index (χ0) is 11.9. The lowest BCUT2D eigenvalue weighted by molar-refractivity contribution is 0.127. The van der Waals surface area contributed by atoms with Gasteiger partial charge in [-0.1, -0.05) is 25.5 Å². The van der Waals surface area contributed by atoms with Gasteiger partial charge in [0.05, 0.1) is 5.60 Å². The summed E-state index contributed by atoms with van der Waals surface area (Å²) in [7, 11) is 0. The van der Waals surface area contributed by atoms with Crippen LogP contribution in [-0.4, -0.2) is 10.7 Å².